The summed E-state index contributed by atoms with van der Waals surface area (Å²) in [7, 11) is -3.90. The predicted molar refractivity (Wildman–Crippen MR) is 101 cm³/mol. The number of carbonyl (C=O) groups is 1. The third-order valence-electron chi connectivity index (χ3n) is 4.36. The number of hydrogen-bond donors (Lipinski definition) is 1. The van der Waals surface area contributed by atoms with E-state index in [1.807, 2.05) is 0 Å². The number of amides is 1. The number of nitrogens with zero attached hydrogens (tertiary/aromatic N) is 1. The van der Waals surface area contributed by atoms with Crippen LogP contribution in [-0.2, 0) is 14.8 Å². The molecule has 144 valence electrons. The zero-order chi connectivity index (χ0) is 19.6. The molecule has 0 spiro atoms. The number of anilines is 1. The summed E-state index contributed by atoms with van der Waals surface area (Å²) >= 11 is 3.25. The molecule has 1 atom stereocenters. The standard InChI is InChI=1S/C18H17BrF2N2O3S/c19-12-4-7-14(8-5-12)27(25,26)23-10-2-1-3-17(23)18(24)22-16-11-13(20)6-9-15(16)21/h4-9,11,17H,1-3,10H2,(H,22,24)/t17-/m0/s1. The molecule has 1 aliphatic rings. The number of halogens is 3. The molecule has 1 heterocycles. The van der Waals surface area contributed by atoms with Crippen molar-refractivity contribution in [2.75, 3.05) is 11.9 Å². The normalized spacial score (nSPS) is 18.3. The van der Waals surface area contributed by atoms with E-state index >= 15 is 0 Å². The van der Waals surface area contributed by atoms with E-state index in [1.165, 1.54) is 12.1 Å². The maximum absolute atomic E-state index is 13.8. The van der Waals surface area contributed by atoms with Gasteiger partial charge in [-0.1, -0.05) is 22.4 Å². The second kappa shape index (κ2) is 8.04. The maximum atomic E-state index is 13.8. The van der Waals surface area contributed by atoms with Gasteiger partial charge in [-0.2, -0.15) is 4.31 Å². The molecule has 1 amide bonds. The number of benzene rings is 2. The second-order valence-corrected chi connectivity index (χ2v) is 9.00. The average Bonchev–Trinajstić information content (AvgIpc) is 2.65. The highest BCUT2D eigenvalue weighted by atomic mass is 79.9. The second-order valence-electron chi connectivity index (χ2n) is 6.19. The van der Waals surface area contributed by atoms with Gasteiger partial charge < -0.3 is 5.32 Å². The minimum atomic E-state index is -3.90. The van der Waals surface area contributed by atoms with E-state index in [9.17, 15) is 22.0 Å². The van der Waals surface area contributed by atoms with Crippen molar-refractivity contribution in [3.63, 3.8) is 0 Å². The van der Waals surface area contributed by atoms with E-state index in [0.29, 0.717) is 19.3 Å². The van der Waals surface area contributed by atoms with Gasteiger partial charge in [0.1, 0.15) is 17.7 Å². The van der Waals surface area contributed by atoms with Crippen LogP contribution in [0.4, 0.5) is 14.5 Å². The molecule has 0 unspecified atom stereocenters. The molecule has 5 nitrogen and oxygen atoms in total. The van der Waals surface area contributed by atoms with Crippen molar-refractivity contribution in [2.24, 2.45) is 0 Å². The Morgan fingerprint density at radius 1 is 1.11 bits per heavy atom. The van der Waals surface area contributed by atoms with Crippen molar-refractivity contribution in [1.82, 2.24) is 4.31 Å². The molecule has 1 fully saturated rings. The van der Waals surface area contributed by atoms with Crippen LogP contribution < -0.4 is 5.32 Å². The lowest BCUT2D eigenvalue weighted by Gasteiger charge is -2.33. The largest absolute Gasteiger partial charge is 0.322 e. The SMILES string of the molecule is O=C(Nc1cc(F)ccc1F)[C@@H]1CCCCN1S(=O)(=O)c1ccc(Br)cc1. The van der Waals surface area contributed by atoms with Crippen LogP contribution in [0.1, 0.15) is 19.3 Å². The summed E-state index contributed by atoms with van der Waals surface area (Å²) in [6.07, 6.45) is 1.59. The number of nitrogens with one attached hydrogen (secondary N) is 1. The van der Waals surface area contributed by atoms with Crippen molar-refractivity contribution >= 4 is 37.5 Å². The highest BCUT2D eigenvalue weighted by Gasteiger charge is 2.37. The lowest BCUT2D eigenvalue weighted by atomic mass is 10.0. The number of piperidine rings is 1. The highest BCUT2D eigenvalue weighted by molar-refractivity contribution is 9.10. The first-order valence-electron chi connectivity index (χ1n) is 8.32. The van der Waals surface area contributed by atoms with Crippen LogP contribution in [0, 0.1) is 11.6 Å². The van der Waals surface area contributed by atoms with Crippen molar-refractivity contribution in [3.05, 3.63) is 58.6 Å². The number of carbonyl (C=O) groups excluding carboxylic acids is 1. The fourth-order valence-corrected chi connectivity index (χ4v) is 4.93. The quantitative estimate of drug-likeness (QED) is 0.754. The van der Waals surface area contributed by atoms with Gasteiger partial charge in [-0.25, -0.2) is 17.2 Å². The van der Waals surface area contributed by atoms with Crippen LogP contribution in [0.2, 0.25) is 0 Å². The average molecular weight is 459 g/mol. The molecule has 0 aliphatic carbocycles. The molecule has 1 aliphatic heterocycles. The van der Waals surface area contributed by atoms with Crippen LogP contribution in [0.25, 0.3) is 0 Å². The molecule has 2 aromatic carbocycles. The fraction of sp³-hybridized carbons (Fsp3) is 0.278. The zero-order valence-corrected chi connectivity index (χ0v) is 16.6. The number of hydrogen-bond acceptors (Lipinski definition) is 3. The Morgan fingerprint density at radius 2 is 1.81 bits per heavy atom. The summed E-state index contributed by atoms with van der Waals surface area (Å²) in [5, 5.41) is 2.32. The van der Waals surface area contributed by atoms with E-state index in [4.69, 9.17) is 0 Å². The molecule has 3 rings (SSSR count). The van der Waals surface area contributed by atoms with Gasteiger partial charge in [-0.05, 0) is 49.2 Å². The van der Waals surface area contributed by atoms with Gasteiger partial charge in [0, 0.05) is 17.1 Å². The van der Waals surface area contributed by atoms with Crippen LogP contribution in [-0.4, -0.2) is 31.2 Å². The Balaban J connectivity index is 1.87. The molecule has 2 aromatic rings. The molecule has 9 heteroatoms. The van der Waals surface area contributed by atoms with Crippen molar-refractivity contribution in [2.45, 2.75) is 30.2 Å². The van der Waals surface area contributed by atoms with Crippen LogP contribution >= 0.6 is 15.9 Å². The summed E-state index contributed by atoms with van der Waals surface area (Å²) in [4.78, 5) is 12.7. The van der Waals surface area contributed by atoms with Crippen molar-refractivity contribution < 1.29 is 22.0 Å². The summed E-state index contributed by atoms with van der Waals surface area (Å²) in [5.41, 5.74) is -0.313. The zero-order valence-electron chi connectivity index (χ0n) is 14.2. The molecule has 0 aromatic heterocycles. The van der Waals surface area contributed by atoms with Crippen LogP contribution in [0.3, 0.4) is 0 Å². The van der Waals surface area contributed by atoms with Gasteiger partial charge in [0.05, 0.1) is 10.6 Å². The molecule has 1 N–H and O–H groups in total. The third-order valence-corrected chi connectivity index (χ3v) is 6.81. The van der Waals surface area contributed by atoms with E-state index in [1.54, 1.807) is 12.1 Å². The Hall–Kier alpha value is -1.84. The first kappa shape index (κ1) is 19.9. The lowest BCUT2D eigenvalue weighted by Crippen LogP contribution is -2.49. The molecule has 0 radical (unpaired) electrons. The van der Waals surface area contributed by atoms with E-state index in [2.05, 4.69) is 21.2 Å². The predicted octanol–water partition coefficient (Wildman–Crippen LogP) is 3.91. The van der Waals surface area contributed by atoms with Crippen molar-refractivity contribution in [1.29, 1.82) is 0 Å². The van der Waals surface area contributed by atoms with Gasteiger partial charge in [0.2, 0.25) is 15.9 Å². The van der Waals surface area contributed by atoms with Gasteiger partial charge in [0.15, 0.2) is 0 Å². The van der Waals surface area contributed by atoms with Gasteiger partial charge in [-0.15, -0.1) is 0 Å². The minimum Gasteiger partial charge on any atom is -0.322 e. The molecular formula is C18H17BrF2N2O3S. The fourth-order valence-electron chi connectivity index (χ4n) is 3.01. The first-order chi connectivity index (χ1) is 12.8. The Kier molecular flexibility index (Phi) is 5.92. The smallest absolute Gasteiger partial charge is 0.243 e. The molecule has 1 saturated heterocycles. The van der Waals surface area contributed by atoms with Crippen LogP contribution in [0.5, 0.6) is 0 Å². The molecule has 27 heavy (non-hydrogen) atoms. The summed E-state index contributed by atoms with van der Waals surface area (Å²) in [6, 6.07) is 7.84. The topological polar surface area (TPSA) is 66.5 Å². The van der Waals surface area contributed by atoms with E-state index < -0.39 is 33.6 Å². The van der Waals surface area contributed by atoms with Gasteiger partial charge in [-0.3, -0.25) is 4.79 Å². The van der Waals surface area contributed by atoms with Gasteiger partial charge in [0.25, 0.3) is 0 Å². The molecular weight excluding hydrogens is 442 g/mol. The maximum Gasteiger partial charge on any atom is 0.243 e. The lowest BCUT2D eigenvalue weighted by molar-refractivity contribution is -0.120. The monoisotopic (exact) mass is 458 g/mol. The summed E-state index contributed by atoms with van der Waals surface area (Å²) in [5.74, 6) is -2.17. The Bertz CT molecular complexity index is 952. The number of sulfonamides is 1. The van der Waals surface area contributed by atoms with E-state index in [-0.39, 0.29) is 17.1 Å². The van der Waals surface area contributed by atoms with Crippen molar-refractivity contribution in [3.8, 4) is 0 Å². The highest BCUT2D eigenvalue weighted by Crippen LogP contribution is 2.27. The summed E-state index contributed by atoms with van der Waals surface area (Å²) < 4.78 is 55.0. The van der Waals surface area contributed by atoms with E-state index in [0.717, 1.165) is 27.0 Å². The number of rotatable bonds is 4. The third kappa shape index (κ3) is 4.36. The van der Waals surface area contributed by atoms with Gasteiger partial charge >= 0.3 is 0 Å². The molecule has 0 bridgehead atoms. The molecule has 0 saturated carbocycles. The van der Waals surface area contributed by atoms with Crippen LogP contribution in [0.15, 0.2) is 51.8 Å². The minimum absolute atomic E-state index is 0.0716. The Labute approximate surface area is 164 Å². The first-order valence-corrected chi connectivity index (χ1v) is 10.6. The summed E-state index contributed by atoms with van der Waals surface area (Å²) in [6.45, 7) is 0.183. The Morgan fingerprint density at radius 3 is 2.52 bits per heavy atom.